The van der Waals surface area contributed by atoms with Gasteiger partial charge in [0.05, 0.1) is 23.8 Å². The highest BCUT2D eigenvalue weighted by molar-refractivity contribution is 7.94. The number of benzene rings is 2. The molecule has 0 saturated carbocycles. The highest BCUT2D eigenvalue weighted by Crippen LogP contribution is 2.27. The smallest absolute Gasteiger partial charge is 0.258 e. The van der Waals surface area contributed by atoms with Crippen molar-refractivity contribution < 1.29 is 26.4 Å². The van der Waals surface area contributed by atoms with Crippen LogP contribution in [0.25, 0.3) is 0 Å². The predicted octanol–water partition coefficient (Wildman–Crippen LogP) is 1.90. The number of amides is 1. The van der Waals surface area contributed by atoms with E-state index in [4.69, 9.17) is 4.74 Å². The summed E-state index contributed by atoms with van der Waals surface area (Å²) in [6.07, 6.45) is 1.47. The first kappa shape index (κ1) is 22.0. The summed E-state index contributed by atoms with van der Waals surface area (Å²) in [6, 6.07) is 11.6. The molecule has 1 aliphatic heterocycles. The lowest BCUT2D eigenvalue weighted by Gasteiger charge is -2.28. The maximum Gasteiger partial charge on any atom is 0.258 e. The van der Waals surface area contributed by atoms with Crippen LogP contribution in [0.5, 0.6) is 5.75 Å². The summed E-state index contributed by atoms with van der Waals surface area (Å²) in [5, 5.41) is 1.11. The molecule has 1 amide bonds. The number of ether oxygens (including phenoxy) is 1. The fourth-order valence-corrected chi connectivity index (χ4v) is 5.21. The molecule has 0 bridgehead atoms. The van der Waals surface area contributed by atoms with Crippen LogP contribution in [-0.4, -0.2) is 60.0 Å². The Bertz CT molecular complexity index is 1170. The first-order valence-corrected chi connectivity index (χ1v) is 12.1. The molecule has 0 radical (unpaired) electrons. The third kappa shape index (κ3) is 4.40. The van der Waals surface area contributed by atoms with Gasteiger partial charge in [-0.25, -0.2) is 21.1 Å². The van der Waals surface area contributed by atoms with Crippen LogP contribution in [0.15, 0.2) is 64.9 Å². The van der Waals surface area contributed by atoms with Crippen molar-refractivity contribution >= 4 is 31.5 Å². The summed E-state index contributed by atoms with van der Waals surface area (Å²) in [7, 11) is -2.66. The number of nitrogens with zero attached hydrogens (tertiary/aromatic N) is 2. The minimum Gasteiger partial charge on any atom is -0.497 e. The molecule has 2 aromatic carbocycles. The zero-order valence-corrected chi connectivity index (χ0v) is 18.4. The zero-order chi connectivity index (χ0) is 22.1. The fraction of sp³-hybridized carbons (Fsp3) is 0.250. The van der Waals surface area contributed by atoms with Gasteiger partial charge in [0.15, 0.2) is 9.84 Å². The van der Waals surface area contributed by atoms with Crippen LogP contribution in [-0.2, 0) is 19.9 Å². The molecule has 10 heteroatoms. The quantitative estimate of drug-likeness (QED) is 0.666. The Balaban J connectivity index is 1.99. The Morgan fingerprint density at radius 2 is 1.63 bits per heavy atom. The summed E-state index contributed by atoms with van der Waals surface area (Å²) >= 11 is 0. The second kappa shape index (κ2) is 8.21. The molecule has 0 saturated heterocycles. The lowest BCUT2D eigenvalue weighted by Crippen LogP contribution is -2.41. The molecule has 160 valence electrons. The summed E-state index contributed by atoms with van der Waals surface area (Å²) in [4.78, 5) is 14.7. The molecule has 1 aliphatic rings. The molecule has 30 heavy (non-hydrogen) atoms. The van der Waals surface area contributed by atoms with Gasteiger partial charge in [0.2, 0.25) is 10.0 Å². The lowest BCUT2D eigenvalue weighted by atomic mass is 10.1. The van der Waals surface area contributed by atoms with Gasteiger partial charge in [-0.05, 0) is 54.6 Å². The fourth-order valence-electron chi connectivity index (χ4n) is 3.04. The van der Waals surface area contributed by atoms with Crippen molar-refractivity contribution in [1.29, 1.82) is 0 Å². The Morgan fingerprint density at radius 3 is 2.10 bits per heavy atom. The number of carbonyl (C=O) groups is 1. The van der Waals surface area contributed by atoms with Crippen molar-refractivity contribution in [1.82, 2.24) is 4.31 Å². The molecule has 0 unspecified atom stereocenters. The summed E-state index contributed by atoms with van der Waals surface area (Å²) < 4.78 is 54.6. The third-order valence-corrected chi connectivity index (χ3v) is 7.90. The highest BCUT2D eigenvalue weighted by atomic mass is 32.2. The minimum atomic E-state index is -3.63. The average Bonchev–Trinajstić information content (AvgIpc) is 3.07. The molecule has 1 heterocycles. The van der Waals surface area contributed by atoms with Crippen LogP contribution < -0.4 is 9.64 Å². The molecule has 3 rings (SSSR count). The first-order chi connectivity index (χ1) is 14.0. The van der Waals surface area contributed by atoms with E-state index in [1.54, 1.807) is 24.3 Å². The molecular weight excluding hydrogens is 428 g/mol. The number of hydrogen-bond acceptors (Lipinski definition) is 6. The van der Waals surface area contributed by atoms with Gasteiger partial charge < -0.3 is 9.64 Å². The number of hydrogen-bond donors (Lipinski definition) is 0. The number of rotatable bonds is 6. The summed E-state index contributed by atoms with van der Waals surface area (Å²) in [5.41, 5.74) is 0.735. The number of sulfonamides is 1. The molecule has 1 atom stereocenters. The first-order valence-electron chi connectivity index (χ1n) is 8.96. The van der Waals surface area contributed by atoms with Gasteiger partial charge in [-0.2, -0.15) is 0 Å². The third-order valence-electron chi connectivity index (χ3n) is 4.69. The van der Waals surface area contributed by atoms with Gasteiger partial charge >= 0.3 is 0 Å². The van der Waals surface area contributed by atoms with Gasteiger partial charge in [0.1, 0.15) is 5.75 Å². The van der Waals surface area contributed by atoms with E-state index in [9.17, 15) is 21.6 Å². The second-order valence-electron chi connectivity index (χ2n) is 6.91. The van der Waals surface area contributed by atoms with E-state index < -0.39 is 31.8 Å². The molecule has 2 aromatic rings. The van der Waals surface area contributed by atoms with Crippen LogP contribution in [0.1, 0.15) is 10.4 Å². The monoisotopic (exact) mass is 450 g/mol. The molecule has 0 aliphatic carbocycles. The van der Waals surface area contributed by atoms with Crippen molar-refractivity contribution in [2.45, 2.75) is 10.9 Å². The standard InChI is InChI=1S/C20H22N2O6S2/c1-21(2)30(26,27)19-10-4-15(5-11-19)20(23)22(17-12-13-29(24,25)14-17)16-6-8-18(28-3)9-7-16/h4-13,17H,14H2,1-3H3/t17-/m1/s1. The summed E-state index contributed by atoms with van der Waals surface area (Å²) in [6.45, 7) is 0. The highest BCUT2D eigenvalue weighted by Gasteiger charge is 2.32. The molecule has 0 aromatic heterocycles. The van der Waals surface area contributed by atoms with Gasteiger partial charge in [-0.15, -0.1) is 0 Å². The van der Waals surface area contributed by atoms with Gasteiger partial charge in [-0.3, -0.25) is 4.79 Å². The Labute approximate surface area is 176 Å². The Hall–Kier alpha value is -2.69. The van der Waals surface area contributed by atoms with E-state index in [0.29, 0.717) is 11.4 Å². The largest absolute Gasteiger partial charge is 0.497 e. The maximum absolute atomic E-state index is 13.3. The molecule has 0 N–H and O–H groups in total. The van der Waals surface area contributed by atoms with Crippen molar-refractivity contribution in [3.05, 3.63) is 65.6 Å². The van der Waals surface area contributed by atoms with Gasteiger partial charge in [-0.1, -0.05) is 0 Å². The van der Waals surface area contributed by atoms with E-state index in [0.717, 1.165) is 9.71 Å². The van der Waals surface area contributed by atoms with Crippen LogP contribution >= 0.6 is 0 Å². The van der Waals surface area contributed by atoms with Crippen LogP contribution in [0, 0.1) is 0 Å². The molecule has 0 fully saturated rings. The van der Waals surface area contributed by atoms with Crippen molar-refractivity contribution in [3.63, 3.8) is 0 Å². The Morgan fingerprint density at radius 1 is 1.03 bits per heavy atom. The van der Waals surface area contributed by atoms with Crippen LogP contribution in [0.4, 0.5) is 5.69 Å². The molecule has 0 spiro atoms. The maximum atomic E-state index is 13.3. The van der Waals surface area contributed by atoms with E-state index >= 15 is 0 Å². The number of anilines is 1. The number of sulfone groups is 1. The minimum absolute atomic E-state index is 0.0587. The van der Waals surface area contributed by atoms with E-state index in [1.165, 1.54) is 56.4 Å². The van der Waals surface area contributed by atoms with E-state index in [-0.39, 0.29) is 16.2 Å². The SMILES string of the molecule is COc1ccc(N(C(=O)c2ccc(S(=O)(=O)N(C)C)cc2)[C@@H]2C=CS(=O)(=O)C2)cc1. The molecule has 8 nitrogen and oxygen atoms in total. The van der Waals surface area contributed by atoms with Gasteiger partial charge in [0.25, 0.3) is 5.91 Å². The van der Waals surface area contributed by atoms with E-state index in [1.807, 2.05) is 0 Å². The zero-order valence-electron chi connectivity index (χ0n) is 16.7. The normalized spacial score (nSPS) is 17.8. The van der Waals surface area contributed by atoms with Gasteiger partial charge in [0, 0.05) is 30.8 Å². The predicted molar refractivity (Wildman–Crippen MR) is 114 cm³/mol. The van der Waals surface area contributed by atoms with E-state index in [2.05, 4.69) is 0 Å². The van der Waals surface area contributed by atoms with Crippen LogP contribution in [0.3, 0.4) is 0 Å². The van der Waals surface area contributed by atoms with Crippen molar-refractivity contribution in [2.75, 3.05) is 31.9 Å². The average molecular weight is 451 g/mol. The summed E-state index contributed by atoms with van der Waals surface area (Å²) in [5.74, 6) is -0.0718. The van der Waals surface area contributed by atoms with Crippen molar-refractivity contribution in [3.8, 4) is 5.75 Å². The van der Waals surface area contributed by atoms with Crippen LogP contribution in [0.2, 0.25) is 0 Å². The number of methoxy groups -OCH3 is 1. The number of carbonyl (C=O) groups excluding carboxylic acids is 1. The molecular formula is C20H22N2O6S2. The second-order valence-corrected chi connectivity index (χ2v) is 11.0. The van der Waals surface area contributed by atoms with Crippen molar-refractivity contribution in [2.24, 2.45) is 0 Å². The Kier molecular flexibility index (Phi) is 6.02. The lowest BCUT2D eigenvalue weighted by molar-refractivity contribution is 0.0983. The topological polar surface area (TPSA) is 101 Å².